The summed E-state index contributed by atoms with van der Waals surface area (Å²) >= 11 is 0. The van der Waals surface area contributed by atoms with E-state index in [0.717, 1.165) is 4.90 Å². The number of nitrogens with zero attached hydrogens (tertiary/aromatic N) is 1. The van der Waals surface area contributed by atoms with Crippen LogP contribution < -0.4 is 5.32 Å². The maximum absolute atomic E-state index is 11.7. The molecule has 2 fully saturated rings. The Hall–Kier alpha value is -1.81. The minimum Gasteiger partial charge on any atom is -0.480 e. The molecule has 152 valence electrons. The zero-order chi connectivity index (χ0) is 20.6. The number of likely N-dealkylation sites (tertiary alicyclic amines) is 1. The summed E-state index contributed by atoms with van der Waals surface area (Å²) in [7, 11) is -0.394. The van der Waals surface area contributed by atoms with E-state index in [2.05, 4.69) is 5.32 Å². The zero-order valence-corrected chi connectivity index (χ0v) is 16.5. The minimum atomic E-state index is -1.30. The number of carboxylic acid groups (broad SMARTS) is 2. The lowest BCUT2D eigenvalue weighted by molar-refractivity contribution is -0.143. The number of carbonyl (C=O) groups is 3. The van der Waals surface area contributed by atoms with Crippen molar-refractivity contribution in [1.82, 2.24) is 10.2 Å². The first-order chi connectivity index (χ1) is 12.4. The maximum Gasteiger partial charge on any atom is 0.457 e. The van der Waals surface area contributed by atoms with E-state index in [4.69, 9.17) is 9.31 Å². The Kier molecular flexibility index (Phi) is 6.11. The summed E-state index contributed by atoms with van der Waals surface area (Å²) in [4.78, 5) is 35.5. The molecule has 0 aromatic rings. The molecule has 0 spiro atoms. The Morgan fingerprint density at radius 3 is 2.15 bits per heavy atom. The highest BCUT2D eigenvalue weighted by Crippen LogP contribution is 2.38. The third-order valence-corrected chi connectivity index (χ3v) is 5.82. The van der Waals surface area contributed by atoms with Gasteiger partial charge in [0.2, 0.25) is 5.91 Å². The summed E-state index contributed by atoms with van der Waals surface area (Å²) in [6.45, 7) is 9.14. The topological polar surface area (TPSA) is 125 Å². The lowest BCUT2D eigenvalue weighted by Crippen LogP contribution is -2.43. The Labute approximate surface area is 159 Å². The lowest BCUT2D eigenvalue weighted by atomic mass is 9.79. The molecule has 0 aliphatic carbocycles. The van der Waals surface area contributed by atoms with Crippen molar-refractivity contribution in [3.05, 3.63) is 0 Å². The van der Waals surface area contributed by atoms with Gasteiger partial charge in [-0.25, -0.2) is 9.59 Å². The van der Waals surface area contributed by atoms with Gasteiger partial charge in [0, 0.05) is 19.4 Å². The number of nitrogens with one attached hydrogen (secondary N) is 1. The normalized spacial score (nSPS) is 29.0. The molecule has 2 saturated heterocycles. The number of rotatable bonds is 6. The molecule has 2 aliphatic rings. The maximum atomic E-state index is 11.7. The van der Waals surface area contributed by atoms with Crippen LogP contribution in [0.2, 0.25) is 6.32 Å². The van der Waals surface area contributed by atoms with Crippen molar-refractivity contribution >= 4 is 25.1 Å². The second kappa shape index (κ2) is 7.67. The van der Waals surface area contributed by atoms with Crippen LogP contribution in [0, 0.1) is 5.92 Å². The summed E-state index contributed by atoms with van der Waals surface area (Å²) in [5.74, 6) is -2.02. The highest BCUT2D eigenvalue weighted by molar-refractivity contribution is 6.45. The Bertz CT molecular complexity index is 594. The largest absolute Gasteiger partial charge is 0.480 e. The number of amides is 2. The van der Waals surface area contributed by atoms with Gasteiger partial charge in [-0.3, -0.25) is 9.69 Å². The fraction of sp³-hybridized carbons (Fsp3) is 0.824. The van der Waals surface area contributed by atoms with Crippen molar-refractivity contribution in [3.63, 3.8) is 0 Å². The average molecular weight is 384 g/mol. The summed E-state index contributed by atoms with van der Waals surface area (Å²) in [5, 5.41) is 21.6. The molecule has 0 aromatic heterocycles. The molecule has 3 N–H and O–H groups in total. The Morgan fingerprint density at radius 2 is 1.70 bits per heavy atom. The van der Waals surface area contributed by atoms with Crippen molar-refractivity contribution in [2.45, 2.75) is 77.1 Å². The molecule has 2 aliphatic heterocycles. The molecule has 9 nitrogen and oxygen atoms in total. The van der Waals surface area contributed by atoms with Crippen LogP contribution in [0.15, 0.2) is 0 Å². The zero-order valence-electron chi connectivity index (χ0n) is 16.5. The number of aliphatic carboxylic acids is 1. The van der Waals surface area contributed by atoms with Crippen molar-refractivity contribution in [1.29, 1.82) is 0 Å². The van der Waals surface area contributed by atoms with E-state index in [1.54, 1.807) is 0 Å². The molecule has 10 heteroatoms. The fourth-order valence-corrected chi connectivity index (χ4v) is 3.80. The first kappa shape index (κ1) is 21.5. The Balaban J connectivity index is 2.03. The molecule has 2 heterocycles. The van der Waals surface area contributed by atoms with Gasteiger partial charge < -0.3 is 24.8 Å². The summed E-state index contributed by atoms with van der Waals surface area (Å²) in [6, 6.07) is -1.71. The smallest absolute Gasteiger partial charge is 0.457 e. The molecule has 0 aromatic carbocycles. The first-order valence-corrected chi connectivity index (χ1v) is 9.21. The standard InChI is InChI=1S/C17H29BN2O7/c1-10(21)19-12-9-20(15(24)25)13(14(22)23)11(12)7-6-8-18-26-16(2,3)17(4,5)27-18/h11-13H,6-9H2,1-5H3,(H,19,21)(H,22,23)(H,24,25)/t11-,12+,13+/m1/s1. The van der Waals surface area contributed by atoms with Crippen LogP contribution in [0.5, 0.6) is 0 Å². The lowest BCUT2D eigenvalue weighted by Gasteiger charge is -2.32. The van der Waals surface area contributed by atoms with Crippen molar-refractivity contribution in [3.8, 4) is 0 Å². The molecular formula is C17H29BN2O7. The second-order valence-corrected chi connectivity index (χ2v) is 8.31. The van der Waals surface area contributed by atoms with Crippen LogP contribution in [0.25, 0.3) is 0 Å². The van der Waals surface area contributed by atoms with E-state index in [-0.39, 0.29) is 12.5 Å². The van der Waals surface area contributed by atoms with E-state index in [1.165, 1.54) is 6.92 Å². The van der Waals surface area contributed by atoms with Crippen LogP contribution in [0.4, 0.5) is 4.79 Å². The predicted octanol–water partition coefficient (Wildman–Crippen LogP) is 1.43. The first-order valence-electron chi connectivity index (χ1n) is 9.21. The predicted molar refractivity (Wildman–Crippen MR) is 97.4 cm³/mol. The van der Waals surface area contributed by atoms with Gasteiger partial charge in [0.05, 0.1) is 17.2 Å². The van der Waals surface area contributed by atoms with Crippen LogP contribution in [-0.4, -0.2) is 70.0 Å². The van der Waals surface area contributed by atoms with Gasteiger partial charge in [-0.2, -0.15) is 0 Å². The van der Waals surface area contributed by atoms with Crippen LogP contribution in [0.3, 0.4) is 0 Å². The van der Waals surface area contributed by atoms with E-state index in [0.29, 0.717) is 19.2 Å². The van der Waals surface area contributed by atoms with Gasteiger partial charge >= 0.3 is 19.2 Å². The highest BCUT2D eigenvalue weighted by atomic mass is 16.7. The monoisotopic (exact) mass is 384 g/mol. The fourth-order valence-electron chi connectivity index (χ4n) is 3.80. The van der Waals surface area contributed by atoms with Crippen molar-refractivity contribution in [2.75, 3.05) is 6.54 Å². The van der Waals surface area contributed by atoms with Gasteiger partial charge in [0.25, 0.3) is 0 Å². The SMILES string of the molecule is CC(=O)N[C@H]1CN(C(=O)O)[C@H](C(=O)O)[C@@H]1CCCB1OC(C)(C)C(C)(C)O1. The van der Waals surface area contributed by atoms with Gasteiger partial charge in [0.15, 0.2) is 0 Å². The molecule has 0 bridgehead atoms. The third-order valence-electron chi connectivity index (χ3n) is 5.82. The Morgan fingerprint density at radius 1 is 1.15 bits per heavy atom. The van der Waals surface area contributed by atoms with E-state index < -0.39 is 48.4 Å². The van der Waals surface area contributed by atoms with Crippen molar-refractivity contribution < 1.29 is 33.9 Å². The second-order valence-electron chi connectivity index (χ2n) is 8.31. The number of carboxylic acids is 1. The molecule has 2 amide bonds. The van der Waals surface area contributed by atoms with Crippen LogP contribution in [-0.2, 0) is 18.9 Å². The van der Waals surface area contributed by atoms with E-state index in [1.807, 2.05) is 27.7 Å². The molecule has 27 heavy (non-hydrogen) atoms. The molecule has 0 unspecified atom stereocenters. The average Bonchev–Trinajstić information content (AvgIpc) is 2.93. The summed E-state index contributed by atoms with van der Waals surface area (Å²) < 4.78 is 11.9. The highest BCUT2D eigenvalue weighted by Gasteiger charge is 2.51. The van der Waals surface area contributed by atoms with Crippen LogP contribution >= 0.6 is 0 Å². The van der Waals surface area contributed by atoms with Gasteiger partial charge in [-0.05, 0) is 40.4 Å². The van der Waals surface area contributed by atoms with Crippen LogP contribution in [0.1, 0.15) is 47.5 Å². The number of carbonyl (C=O) groups excluding carboxylic acids is 1. The molecule has 3 atom stereocenters. The number of hydrogen-bond acceptors (Lipinski definition) is 5. The quantitative estimate of drug-likeness (QED) is 0.592. The van der Waals surface area contributed by atoms with Crippen molar-refractivity contribution in [2.24, 2.45) is 5.92 Å². The summed E-state index contributed by atoms with van der Waals surface area (Å²) in [6.07, 6.45) is 0.298. The van der Waals surface area contributed by atoms with E-state index >= 15 is 0 Å². The molecule has 0 radical (unpaired) electrons. The molecule has 2 rings (SSSR count). The number of hydrogen-bond donors (Lipinski definition) is 3. The third kappa shape index (κ3) is 4.55. The van der Waals surface area contributed by atoms with Gasteiger partial charge in [-0.15, -0.1) is 0 Å². The minimum absolute atomic E-state index is 0.0347. The molecular weight excluding hydrogens is 355 g/mol. The van der Waals surface area contributed by atoms with Gasteiger partial charge in [0.1, 0.15) is 6.04 Å². The van der Waals surface area contributed by atoms with E-state index in [9.17, 15) is 24.6 Å². The molecule has 0 saturated carbocycles. The summed E-state index contributed by atoms with van der Waals surface area (Å²) in [5.41, 5.74) is -0.874. The van der Waals surface area contributed by atoms with Gasteiger partial charge in [-0.1, -0.05) is 6.42 Å².